The summed E-state index contributed by atoms with van der Waals surface area (Å²) in [7, 11) is 0. The molecule has 0 saturated heterocycles. The number of carbonyl (C=O) groups is 1. The van der Waals surface area contributed by atoms with E-state index in [9.17, 15) is 14.9 Å². The van der Waals surface area contributed by atoms with Crippen molar-refractivity contribution in [2.45, 2.75) is 12.8 Å². The molecule has 0 atom stereocenters. The zero-order valence-corrected chi connectivity index (χ0v) is 12.4. The maximum Gasteiger partial charge on any atom is 0.271 e. The van der Waals surface area contributed by atoms with Crippen molar-refractivity contribution in [3.63, 3.8) is 0 Å². The van der Waals surface area contributed by atoms with E-state index in [2.05, 4.69) is 5.32 Å². The van der Waals surface area contributed by atoms with Crippen molar-refractivity contribution >= 4 is 17.3 Å². The van der Waals surface area contributed by atoms with E-state index in [1.54, 1.807) is 30.3 Å². The molecule has 3 rings (SSSR count). The lowest BCUT2D eigenvalue weighted by Gasteiger charge is -2.07. The summed E-state index contributed by atoms with van der Waals surface area (Å²) < 4.78 is 5.62. The number of hydrogen-bond acceptors (Lipinski definition) is 4. The SMILES string of the molecule is O=C(Nc1cccc([N+](=O)[O-])c1)c1ccc(OCC2CC2)cc1. The van der Waals surface area contributed by atoms with Crippen LogP contribution in [-0.4, -0.2) is 17.4 Å². The van der Waals surface area contributed by atoms with Crippen LogP contribution in [0.25, 0.3) is 0 Å². The van der Waals surface area contributed by atoms with Crippen molar-refractivity contribution in [1.82, 2.24) is 0 Å². The van der Waals surface area contributed by atoms with E-state index in [1.165, 1.54) is 31.0 Å². The Kier molecular flexibility index (Phi) is 4.23. The molecule has 0 radical (unpaired) electrons. The summed E-state index contributed by atoms with van der Waals surface area (Å²) in [5.41, 5.74) is 0.792. The topological polar surface area (TPSA) is 81.5 Å². The first-order valence-electron chi connectivity index (χ1n) is 7.40. The zero-order valence-electron chi connectivity index (χ0n) is 12.4. The lowest BCUT2D eigenvalue weighted by molar-refractivity contribution is -0.384. The summed E-state index contributed by atoms with van der Waals surface area (Å²) in [6.07, 6.45) is 2.45. The molecule has 2 aromatic rings. The number of ether oxygens (including phenoxy) is 1. The Morgan fingerprint density at radius 1 is 1.22 bits per heavy atom. The average molecular weight is 312 g/mol. The van der Waals surface area contributed by atoms with Gasteiger partial charge >= 0.3 is 0 Å². The van der Waals surface area contributed by atoms with Crippen LogP contribution in [-0.2, 0) is 0 Å². The van der Waals surface area contributed by atoms with E-state index in [0.717, 1.165) is 12.4 Å². The molecule has 1 N–H and O–H groups in total. The molecule has 1 fully saturated rings. The number of nitro benzene ring substituents is 1. The van der Waals surface area contributed by atoms with Crippen molar-refractivity contribution < 1.29 is 14.5 Å². The van der Waals surface area contributed by atoms with Crippen LogP contribution < -0.4 is 10.1 Å². The van der Waals surface area contributed by atoms with E-state index < -0.39 is 4.92 Å². The molecule has 6 nitrogen and oxygen atoms in total. The number of nitrogens with one attached hydrogen (secondary N) is 1. The van der Waals surface area contributed by atoms with E-state index >= 15 is 0 Å². The summed E-state index contributed by atoms with van der Waals surface area (Å²) in [6, 6.07) is 12.7. The Morgan fingerprint density at radius 3 is 2.61 bits per heavy atom. The molecular formula is C17H16N2O4. The fourth-order valence-corrected chi connectivity index (χ4v) is 2.10. The van der Waals surface area contributed by atoms with Gasteiger partial charge in [-0.3, -0.25) is 14.9 Å². The van der Waals surface area contributed by atoms with E-state index in [1.807, 2.05) is 0 Å². The van der Waals surface area contributed by atoms with Gasteiger partial charge in [-0.2, -0.15) is 0 Å². The Bertz CT molecular complexity index is 724. The molecular weight excluding hydrogens is 296 g/mol. The van der Waals surface area contributed by atoms with E-state index in [0.29, 0.717) is 17.2 Å². The minimum Gasteiger partial charge on any atom is -0.493 e. The van der Waals surface area contributed by atoms with Gasteiger partial charge in [-0.1, -0.05) is 6.07 Å². The van der Waals surface area contributed by atoms with Crippen molar-refractivity contribution in [2.24, 2.45) is 5.92 Å². The highest BCUT2D eigenvalue weighted by Gasteiger charge is 2.21. The van der Waals surface area contributed by atoms with Gasteiger partial charge in [0.25, 0.3) is 11.6 Å². The van der Waals surface area contributed by atoms with Gasteiger partial charge in [0, 0.05) is 23.4 Å². The molecule has 1 amide bonds. The highest BCUT2D eigenvalue weighted by atomic mass is 16.6. The van der Waals surface area contributed by atoms with Crippen LogP contribution in [0.2, 0.25) is 0 Å². The maximum absolute atomic E-state index is 12.2. The molecule has 6 heteroatoms. The van der Waals surface area contributed by atoms with Crippen LogP contribution >= 0.6 is 0 Å². The predicted octanol–water partition coefficient (Wildman–Crippen LogP) is 3.64. The highest BCUT2D eigenvalue weighted by Crippen LogP contribution is 2.29. The van der Waals surface area contributed by atoms with Crippen LogP contribution in [0.5, 0.6) is 5.75 Å². The Balaban J connectivity index is 1.63. The fourth-order valence-electron chi connectivity index (χ4n) is 2.10. The summed E-state index contributed by atoms with van der Waals surface area (Å²) in [5, 5.41) is 13.4. The van der Waals surface area contributed by atoms with Gasteiger partial charge in [0.15, 0.2) is 0 Å². The van der Waals surface area contributed by atoms with E-state index in [-0.39, 0.29) is 11.6 Å². The van der Waals surface area contributed by atoms with Crippen LogP contribution in [0.15, 0.2) is 48.5 Å². The first-order valence-corrected chi connectivity index (χ1v) is 7.40. The molecule has 0 unspecified atom stereocenters. The van der Waals surface area contributed by atoms with Gasteiger partial charge in [0.2, 0.25) is 0 Å². The summed E-state index contributed by atoms with van der Waals surface area (Å²) in [5.74, 6) is 1.09. The molecule has 23 heavy (non-hydrogen) atoms. The summed E-state index contributed by atoms with van der Waals surface area (Å²) in [4.78, 5) is 22.4. The number of nitro groups is 1. The fraction of sp³-hybridized carbons (Fsp3) is 0.235. The second-order valence-electron chi connectivity index (χ2n) is 5.54. The number of carbonyl (C=O) groups excluding carboxylic acids is 1. The van der Waals surface area contributed by atoms with Crippen molar-refractivity contribution in [2.75, 3.05) is 11.9 Å². The Hall–Kier alpha value is -2.89. The zero-order chi connectivity index (χ0) is 16.2. The van der Waals surface area contributed by atoms with Crippen LogP contribution in [0.3, 0.4) is 0 Å². The number of hydrogen-bond donors (Lipinski definition) is 1. The van der Waals surface area contributed by atoms with Gasteiger partial charge in [0.1, 0.15) is 5.75 Å². The quantitative estimate of drug-likeness (QED) is 0.652. The molecule has 1 aliphatic carbocycles. The molecule has 2 aromatic carbocycles. The van der Waals surface area contributed by atoms with E-state index in [4.69, 9.17) is 4.74 Å². The number of anilines is 1. The van der Waals surface area contributed by atoms with Crippen LogP contribution in [0, 0.1) is 16.0 Å². The van der Waals surface area contributed by atoms with Gasteiger partial charge < -0.3 is 10.1 Å². The average Bonchev–Trinajstić information content (AvgIpc) is 3.38. The van der Waals surface area contributed by atoms with Crippen LogP contribution in [0.1, 0.15) is 23.2 Å². The molecule has 0 aliphatic heterocycles. The lowest BCUT2D eigenvalue weighted by Crippen LogP contribution is -2.12. The van der Waals surface area contributed by atoms with Crippen LogP contribution in [0.4, 0.5) is 11.4 Å². The van der Waals surface area contributed by atoms with Gasteiger partial charge in [-0.05, 0) is 49.1 Å². The molecule has 118 valence electrons. The summed E-state index contributed by atoms with van der Waals surface area (Å²) >= 11 is 0. The third-order valence-electron chi connectivity index (χ3n) is 3.61. The van der Waals surface area contributed by atoms with Gasteiger partial charge in [0.05, 0.1) is 11.5 Å². The molecule has 0 spiro atoms. The smallest absolute Gasteiger partial charge is 0.271 e. The van der Waals surface area contributed by atoms with Crippen molar-refractivity contribution in [3.05, 3.63) is 64.2 Å². The number of nitrogens with zero attached hydrogens (tertiary/aromatic N) is 1. The van der Waals surface area contributed by atoms with Crippen molar-refractivity contribution in [1.29, 1.82) is 0 Å². The number of non-ortho nitro benzene ring substituents is 1. The number of rotatable bonds is 6. The molecule has 0 bridgehead atoms. The maximum atomic E-state index is 12.2. The number of benzene rings is 2. The molecule has 1 aliphatic rings. The summed E-state index contributed by atoms with van der Waals surface area (Å²) in [6.45, 7) is 0.721. The normalized spacial score (nSPS) is 13.4. The second-order valence-corrected chi connectivity index (χ2v) is 5.54. The molecule has 1 saturated carbocycles. The largest absolute Gasteiger partial charge is 0.493 e. The first-order chi connectivity index (χ1) is 11.1. The van der Waals surface area contributed by atoms with Gasteiger partial charge in [-0.15, -0.1) is 0 Å². The monoisotopic (exact) mass is 312 g/mol. The standard InChI is InChI=1S/C17H16N2O4/c20-17(18-14-2-1-3-15(10-14)19(21)22)13-6-8-16(9-7-13)23-11-12-4-5-12/h1-3,6-10,12H,4-5,11H2,(H,18,20). The third kappa shape index (κ3) is 4.06. The Labute approximate surface area is 133 Å². The van der Waals surface area contributed by atoms with Crippen molar-refractivity contribution in [3.8, 4) is 5.75 Å². The third-order valence-corrected chi connectivity index (χ3v) is 3.61. The number of amides is 1. The minimum absolute atomic E-state index is 0.0633. The first kappa shape index (κ1) is 15.0. The predicted molar refractivity (Wildman–Crippen MR) is 85.7 cm³/mol. The van der Waals surface area contributed by atoms with Gasteiger partial charge in [-0.25, -0.2) is 0 Å². The minimum atomic E-state index is -0.498. The highest BCUT2D eigenvalue weighted by molar-refractivity contribution is 6.04. The molecule has 0 aromatic heterocycles. The lowest BCUT2D eigenvalue weighted by atomic mass is 10.2. The molecule has 0 heterocycles. The Morgan fingerprint density at radius 2 is 1.96 bits per heavy atom. The second kappa shape index (κ2) is 6.48.